The highest BCUT2D eigenvalue weighted by atomic mass is 32.2. The molecular formula is C56H65FN8O9S. The number of carbonyl (C=O) groups excluding carboxylic acids is 1. The van der Waals surface area contributed by atoms with Crippen LogP contribution in [-0.2, 0) is 16.6 Å². The molecule has 1 amide bonds. The first-order valence-electron chi connectivity index (χ1n) is 25.7. The van der Waals surface area contributed by atoms with Crippen LogP contribution in [0, 0.1) is 27.3 Å². The summed E-state index contributed by atoms with van der Waals surface area (Å²) in [5, 5.41) is 25.8. The van der Waals surface area contributed by atoms with Gasteiger partial charge in [-0.1, -0.05) is 44.2 Å². The van der Waals surface area contributed by atoms with E-state index in [1.165, 1.54) is 53.3 Å². The molecule has 1 spiro atoms. The Kier molecular flexibility index (Phi) is 14.3. The predicted molar refractivity (Wildman–Crippen MR) is 284 cm³/mol. The van der Waals surface area contributed by atoms with E-state index >= 15 is 0 Å². The number of benzene rings is 4. The molecule has 0 radical (unpaired) electrons. The fourth-order valence-electron chi connectivity index (χ4n) is 11.8. The summed E-state index contributed by atoms with van der Waals surface area (Å²) < 4.78 is 61.9. The van der Waals surface area contributed by atoms with Crippen molar-refractivity contribution in [3.05, 3.63) is 136 Å². The fraction of sp³-hybridized carbons (Fsp3) is 0.429. The lowest BCUT2D eigenvalue weighted by atomic mass is 9.59. The van der Waals surface area contributed by atoms with Crippen LogP contribution in [0.5, 0.6) is 23.0 Å². The molecule has 4 N–H and O–H groups in total. The van der Waals surface area contributed by atoms with Crippen molar-refractivity contribution in [3.8, 4) is 23.0 Å². The zero-order valence-corrected chi connectivity index (χ0v) is 43.8. The number of piperazine rings is 1. The smallest absolute Gasteiger partial charge is 0.293 e. The first-order valence-corrected chi connectivity index (χ1v) is 27.2. The third kappa shape index (κ3) is 10.9. The monoisotopic (exact) mass is 1040 g/mol. The van der Waals surface area contributed by atoms with Crippen molar-refractivity contribution in [3.63, 3.8) is 0 Å². The maximum atomic E-state index is 14.7. The molecule has 4 aromatic carbocycles. The lowest BCUT2D eigenvalue weighted by Crippen LogP contribution is -2.68. The molecular weight excluding hydrogens is 980 g/mol. The highest BCUT2D eigenvalue weighted by Gasteiger charge is 2.55. The van der Waals surface area contributed by atoms with E-state index in [9.17, 15) is 32.8 Å². The van der Waals surface area contributed by atoms with E-state index in [-0.39, 0.29) is 45.5 Å². The van der Waals surface area contributed by atoms with Gasteiger partial charge in [0.15, 0.2) is 11.5 Å². The van der Waals surface area contributed by atoms with Crippen LogP contribution in [0.2, 0.25) is 0 Å². The second kappa shape index (κ2) is 20.7. The van der Waals surface area contributed by atoms with Crippen LogP contribution in [0.25, 0.3) is 11.0 Å². The van der Waals surface area contributed by atoms with Crippen LogP contribution in [0.15, 0.2) is 102 Å². The Hall–Kier alpha value is -6.80. The number of nitrogens with one attached hydrogen (secondary N) is 3. The zero-order valence-electron chi connectivity index (χ0n) is 43.0. The highest BCUT2D eigenvalue weighted by molar-refractivity contribution is 7.90. The van der Waals surface area contributed by atoms with Crippen molar-refractivity contribution >= 4 is 44.0 Å². The molecule has 2 aliphatic carbocycles. The Labute approximate surface area is 436 Å². The number of aromatic amines is 1. The van der Waals surface area contributed by atoms with Gasteiger partial charge in [-0.3, -0.25) is 24.7 Å². The topological polar surface area (TPSA) is 205 Å². The van der Waals surface area contributed by atoms with Gasteiger partial charge < -0.3 is 34.5 Å². The molecule has 4 aliphatic rings. The van der Waals surface area contributed by atoms with Crippen LogP contribution in [-0.4, -0.2) is 109 Å². The Bertz CT molecular complexity index is 3220. The van der Waals surface area contributed by atoms with Gasteiger partial charge in [-0.25, -0.2) is 22.5 Å². The third-order valence-electron chi connectivity index (χ3n) is 15.9. The number of rotatable bonds is 17. The van der Waals surface area contributed by atoms with Gasteiger partial charge in [-0.05, 0) is 116 Å². The average molecular weight is 1050 g/mol. The lowest BCUT2D eigenvalue weighted by Gasteiger charge is -2.63. The number of H-pyrrole nitrogens is 1. The molecule has 396 valence electrons. The number of nitrogens with zero attached hydrogens (tertiary/aromatic N) is 5. The molecule has 0 bridgehead atoms. The molecule has 75 heavy (non-hydrogen) atoms. The normalized spacial score (nSPS) is 21.1. The van der Waals surface area contributed by atoms with Crippen molar-refractivity contribution < 1.29 is 41.8 Å². The number of aromatic nitrogens is 2. The first-order chi connectivity index (χ1) is 35.9. The molecule has 6 aromatic rings. The number of anilines is 2. The van der Waals surface area contributed by atoms with E-state index in [2.05, 4.69) is 85.0 Å². The molecule has 17 nitrogen and oxygen atoms in total. The summed E-state index contributed by atoms with van der Waals surface area (Å²) in [5.41, 5.74) is 3.85. The van der Waals surface area contributed by atoms with Crippen LogP contribution in [0.3, 0.4) is 0 Å². The van der Waals surface area contributed by atoms with Gasteiger partial charge in [0.25, 0.3) is 21.6 Å². The molecule has 2 aromatic heterocycles. The molecule has 4 heterocycles. The second-order valence-corrected chi connectivity index (χ2v) is 23.2. The Morgan fingerprint density at radius 1 is 0.973 bits per heavy atom. The standard InChI is InChI=1S/C56H65FN8O9S/c1-35(2)42-8-6-7-9-43(42)49-32-62(31-37-10-15-50(72-4)52(22-37)73-5)20-21-64(49)39-26-56(27-39)33-63(34-56)38-11-13-44(51(23-38)74-40-24-45-46(57)30-60-53(45)59-29-40)54(66)61-75(70,71)41-12-14-47(48(25-41)65(68)69)58-28-36-16-18-55(3,67)19-17-36/h6-15,22-25,29-30,35-36,39,49,58,67H,16-21,26-28,31-34H2,1-5H3,(H,59,60)(H,61,66)/t36-,49?,55-. The molecule has 2 saturated heterocycles. The molecule has 19 heteroatoms. The van der Waals surface area contributed by atoms with Gasteiger partial charge in [0.2, 0.25) is 0 Å². The number of carbonyl (C=O) groups is 1. The van der Waals surface area contributed by atoms with Crippen LogP contribution < -0.4 is 29.1 Å². The number of hydrogen-bond acceptors (Lipinski definition) is 14. The number of sulfonamides is 1. The molecule has 1 unspecified atom stereocenters. The predicted octanol–water partition coefficient (Wildman–Crippen LogP) is 9.54. The minimum atomic E-state index is -4.65. The van der Waals surface area contributed by atoms with E-state index in [0.29, 0.717) is 42.7 Å². The van der Waals surface area contributed by atoms with Gasteiger partial charge >= 0.3 is 0 Å². The van der Waals surface area contributed by atoms with E-state index < -0.39 is 42.9 Å². The highest BCUT2D eigenvalue weighted by Crippen LogP contribution is 2.54. The Balaban J connectivity index is 0.848. The van der Waals surface area contributed by atoms with E-state index in [0.717, 1.165) is 82.5 Å². The molecule has 2 aliphatic heterocycles. The summed E-state index contributed by atoms with van der Waals surface area (Å²) in [6.07, 6.45) is 7.32. The van der Waals surface area contributed by atoms with Crippen LogP contribution in [0.1, 0.15) is 98.3 Å². The van der Waals surface area contributed by atoms with Crippen molar-refractivity contribution in [2.24, 2.45) is 11.3 Å². The van der Waals surface area contributed by atoms with Crippen molar-refractivity contribution in [1.29, 1.82) is 0 Å². The van der Waals surface area contributed by atoms with Gasteiger partial charge in [0, 0.05) is 87.3 Å². The number of halogens is 1. The Morgan fingerprint density at radius 3 is 2.47 bits per heavy atom. The van der Waals surface area contributed by atoms with Crippen molar-refractivity contribution in [1.82, 2.24) is 24.5 Å². The van der Waals surface area contributed by atoms with E-state index in [1.807, 2.05) is 6.07 Å². The first kappa shape index (κ1) is 51.7. The van der Waals surface area contributed by atoms with Crippen LogP contribution in [0.4, 0.5) is 21.5 Å². The number of nitro benzene ring substituents is 1. The number of nitro groups is 1. The maximum Gasteiger partial charge on any atom is 0.293 e. The number of amides is 1. The number of ether oxygens (including phenoxy) is 3. The molecule has 10 rings (SSSR count). The summed E-state index contributed by atoms with van der Waals surface area (Å²) in [6.45, 7) is 11.8. The molecule has 4 fully saturated rings. The molecule has 2 saturated carbocycles. The zero-order chi connectivity index (χ0) is 52.8. The van der Waals surface area contributed by atoms with Crippen LogP contribution >= 0.6 is 0 Å². The lowest BCUT2D eigenvalue weighted by molar-refractivity contribution is -0.384. The third-order valence-corrected chi connectivity index (χ3v) is 17.2. The number of aliphatic hydroxyl groups is 1. The van der Waals surface area contributed by atoms with Gasteiger partial charge in [-0.2, -0.15) is 0 Å². The minimum Gasteiger partial charge on any atom is -0.493 e. The largest absolute Gasteiger partial charge is 0.493 e. The summed E-state index contributed by atoms with van der Waals surface area (Å²) in [4.78, 5) is 39.7. The van der Waals surface area contributed by atoms with Crippen molar-refractivity contribution in [2.45, 2.75) is 94.3 Å². The summed E-state index contributed by atoms with van der Waals surface area (Å²) in [6, 6.07) is 25.4. The average Bonchev–Trinajstić information content (AvgIpc) is 3.75. The fourth-order valence-corrected chi connectivity index (χ4v) is 12.7. The summed E-state index contributed by atoms with van der Waals surface area (Å²) >= 11 is 0. The van der Waals surface area contributed by atoms with E-state index in [4.69, 9.17) is 14.2 Å². The van der Waals surface area contributed by atoms with Crippen molar-refractivity contribution in [2.75, 3.05) is 63.7 Å². The SMILES string of the molecule is COc1ccc(CN2CCN(C3CC4(C3)CN(c3ccc(C(=O)NS(=O)(=O)c5ccc(NC[C@H]6CC[C@](C)(O)CC6)c([N+](=O)[O-])c5)c(Oc5cnc6[nH]cc(F)c6c5)c3)C4)C(c3ccccc3C(C)C)C2)cc1OC. The number of hydrogen-bond donors (Lipinski definition) is 4. The summed E-state index contributed by atoms with van der Waals surface area (Å²) in [7, 11) is -1.34. The minimum absolute atomic E-state index is 0.0112. The number of methoxy groups -OCH3 is 2. The number of pyridine rings is 1. The van der Waals surface area contributed by atoms with Gasteiger partial charge in [0.05, 0.1) is 46.8 Å². The maximum absolute atomic E-state index is 14.7. The Morgan fingerprint density at radius 2 is 1.73 bits per heavy atom. The molecule has 1 atom stereocenters. The quantitative estimate of drug-likeness (QED) is 0.0496. The van der Waals surface area contributed by atoms with Gasteiger partial charge in [0.1, 0.15) is 28.7 Å². The second-order valence-electron chi connectivity index (χ2n) is 21.6. The van der Waals surface area contributed by atoms with E-state index in [1.54, 1.807) is 33.3 Å². The van der Waals surface area contributed by atoms with Gasteiger partial charge in [-0.15, -0.1) is 0 Å². The summed E-state index contributed by atoms with van der Waals surface area (Å²) in [5.74, 6) is 0.518. The number of fused-ring (bicyclic) bond motifs is 1.